The summed E-state index contributed by atoms with van der Waals surface area (Å²) in [4.78, 5) is 15.5. The number of pyridine rings is 1. The molecule has 1 unspecified atom stereocenters. The predicted octanol–water partition coefficient (Wildman–Crippen LogP) is 0.412. The fourth-order valence-electron chi connectivity index (χ4n) is 1.22. The maximum atomic E-state index is 11.6. The van der Waals surface area contributed by atoms with Gasteiger partial charge in [-0.1, -0.05) is 6.92 Å². The van der Waals surface area contributed by atoms with Crippen LogP contribution in [0.15, 0.2) is 18.3 Å². The molecule has 0 aliphatic carbocycles. The number of hydrogen-bond donors (Lipinski definition) is 3. The van der Waals surface area contributed by atoms with Crippen LogP contribution in [-0.2, 0) is 0 Å². The Balaban J connectivity index is 2.43. The molecule has 1 aromatic rings. The van der Waals surface area contributed by atoms with Crippen LogP contribution >= 0.6 is 0 Å². The Labute approximate surface area is 94.7 Å². The Morgan fingerprint density at radius 3 is 2.94 bits per heavy atom. The quantitative estimate of drug-likeness (QED) is 0.674. The molecule has 5 heteroatoms. The molecule has 0 aliphatic rings. The molecule has 5 nitrogen and oxygen atoms in total. The van der Waals surface area contributed by atoms with E-state index in [4.69, 9.17) is 10.8 Å². The van der Waals surface area contributed by atoms with Crippen LogP contribution in [0.1, 0.15) is 23.8 Å². The van der Waals surface area contributed by atoms with Crippen molar-refractivity contribution in [3.8, 4) is 0 Å². The largest absolute Gasteiger partial charge is 0.397 e. The van der Waals surface area contributed by atoms with Gasteiger partial charge in [-0.3, -0.25) is 4.79 Å². The van der Waals surface area contributed by atoms with Crippen molar-refractivity contribution in [1.29, 1.82) is 0 Å². The number of hydrogen-bond acceptors (Lipinski definition) is 4. The van der Waals surface area contributed by atoms with Gasteiger partial charge < -0.3 is 16.2 Å². The maximum absolute atomic E-state index is 11.6. The Kier molecular flexibility index (Phi) is 4.72. The molecule has 1 heterocycles. The lowest BCUT2D eigenvalue weighted by molar-refractivity contribution is 0.0940. The highest BCUT2D eigenvalue weighted by molar-refractivity contribution is 5.92. The SMILES string of the molecule is CC(CCO)CNC(=O)c1ccc(N)cn1. The summed E-state index contributed by atoms with van der Waals surface area (Å²) >= 11 is 0. The van der Waals surface area contributed by atoms with E-state index in [2.05, 4.69) is 10.3 Å². The second-order valence-electron chi connectivity index (χ2n) is 3.80. The molecule has 0 fully saturated rings. The number of nitrogens with two attached hydrogens (primary N) is 1. The fraction of sp³-hybridized carbons (Fsp3) is 0.455. The monoisotopic (exact) mass is 223 g/mol. The second-order valence-corrected chi connectivity index (χ2v) is 3.80. The number of carbonyl (C=O) groups excluding carboxylic acids is 1. The van der Waals surface area contributed by atoms with Crippen molar-refractivity contribution in [3.05, 3.63) is 24.0 Å². The molecule has 1 atom stereocenters. The van der Waals surface area contributed by atoms with Crippen molar-refractivity contribution in [3.63, 3.8) is 0 Å². The molecule has 0 bridgehead atoms. The summed E-state index contributed by atoms with van der Waals surface area (Å²) in [5.41, 5.74) is 6.35. The van der Waals surface area contributed by atoms with Gasteiger partial charge >= 0.3 is 0 Å². The minimum Gasteiger partial charge on any atom is -0.397 e. The van der Waals surface area contributed by atoms with Crippen LogP contribution in [0.4, 0.5) is 5.69 Å². The molecule has 0 spiro atoms. The summed E-state index contributed by atoms with van der Waals surface area (Å²) in [7, 11) is 0. The first kappa shape index (κ1) is 12.4. The Morgan fingerprint density at radius 1 is 1.62 bits per heavy atom. The average Bonchev–Trinajstić information content (AvgIpc) is 2.27. The standard InChI is InChI=1S/C11H17N3O2/c1-8(4-5-15)6-14-11(16)10-3-2-9(12)7-13-10/h2-3,7-8,15H,4-6,12H2,1H3,(H,14,16). The Hall–Kier alpha value is -1.62. The number of anilines is 1. The number of nitrogens with zero attached hydrogens (tertiary/aromatic N) is 1. The van der Waals surface area contributed by atoms with E-state index in [0.29, 0.717) is 24.3 Å². The van der Waals surface area contributed by atoms with Gasteiger partial charge in [-0.25, -0.2) is 4.98 Å². The van der Waals surface area contributed by atoms with Crippen LogP contribution in [0.5, 0.6) is 0 Å². The summed E-state index contributed by atoms with van der Waals surface area (Å²) in [6, 6.07) is 3.22. The number of nitrogens with one attached hydrogen (secondary N) is 1. The summed E-state index contributed by atoms with van der Waals surface area (Å²) in [5, 5.41) is 11.5. The molecule has 0 saturated heterocycles. The smallest absolute Gasteiger partial charge is 0.269 e. The highest BCUT2D eigenvalue weighted by Gasteiger charge is 2.08. The third kappa shape index (κ3) is 3.86. The fourth-order valence-corrected chi connectivity index (χ4v) is 1.22. The summed E-state index contributed by atoms with van der Waals surface area (Å²) < 4.78 is 0. The van der Waals surface area contributed by atoms with Crippen molar-refractivity contribution in [1.82, 2.24) is 10.3 Å². The van der Waals surface area contributed by atoms with E-state index < -0.39 is 0 Å². The van der Waals surface area contributed by atoms with Crippen molar-refractivity contribution < 1.29 is 9.90 Å². The maximum Gasteiger partial charge on any atom is 0.269 e. The van der Waals surface area contributed by atoms with Gasteiger partial charge in [0.25, 0.3) is 5.91 Å². The summed E-state index contributed by atoms with van der Waals surface area (Å²) in [6.45, 7) is 2.63. The van der Waals surface area contributed by atoms with Crippen LogP contribution in [0.2, 0.25) is 0 Å². The molecule has 88 valence electrons. The molecule has 1 rings (SSSR count). The molecule has 16 heavy (non-hydrogen) atoms. The van der Waals surface area contributed by atoms with Crippen molar-refractivity contribution in [2.24, 2.45) is 5.92 Å². The van der Waals surface area contributed by atoms with Crippen LogP contribution in [0.25, 0.3) is 0 Å². The van der Waals surface area contributed by atoms with Gasteiger partial charge in [0, 0.05) is 13.2 Å². The number of aromatic nitrogens is 1. The van der Waals surface area contributed by atoms with Gasteiger partial charge in [0.1, 0.15) is 5.69 Å². The zero-order valence-corrected chi connectivity index (χ0v) is 9.31. The van der Waals surface area contributed by atoms with Gasteiger partial charge in [0.2, 0.25) is 0 Å². The van der Waals surface area contributed by atoms with Gasteiger partial charge in [0.15, 0.2) is 0 Å². The van der Waals surface area contributed by atoms with E-state index in [1.807, 2.05) is 6.92 Å². The van der Waals surface area contributed by atoms with Crippen molar-refractivity contribution >= 4 is 11.6 Å². The molecule has 0 saturated carbocycles. The first-order valence-corrected chi connectivity index (χ1v) is 5.24. The molecular formula is C11H17N3O2. The number of amides is 1. The minimum absolute atomic E-state index is 0.136. The number of carbonyl (C=O) groups is 1. The highest BCUT2D eigenvalue weighted by Crippen LogP contribution is 2.02. The number of rotatable bonds is 5. The first-order chi connectivity index (χ1) is 7.63. The molecule has 4 N–H and O–H groups in total. The highest BCUT2D eigenvalue weighted by atomic mass is 16.3. The van der Waals surface area contributed by atoms with E-state index in [9.17, 15) is 4.79 Å². The average molecular weight is 223 g/mol. The van der Waals surface area contributed by atoms with E-state index in [-0.39, 0.29) is 18.4 Å². The summed E-state index contributed by atoms with van der Waals surface area (Å²) in [6.07, 6.45) is 2.13. The number of aliphatic hydroxyl groups excluding tert-OH is 1. The predicted molar refractivity (Wildman–Crippen MR) is 61.8 cm³/mol. The lowest BCUT2D eigenvalue weighted by Gasteiger charge is -2.10. The van der Waals surface area contributed by atoms with Gasteiger partial charge in [-0.05, 0) is 24.5 Å². The second kappa shape index (κ2) is 6.07. The zero-order chi connectivity index (χ0) is 12.0. The topological polar surface area (TPSA) is 88.2 Å². The summed E-state index contributed by atoms with van der Waals surface area (Å²) in [5.74, 6) is 0.0347. The van der Waals surface area contributed by atoms with Crippen LogP contribution in [-0.4, -0.2) is 29.1 Å². The third-order valence-electron chi connectivity index (χ3n) is 2.25. The van der Waals surface area contributed by atoms with E-state index in [0.717, 1.165) is 0 Å². The normalized spacial score (nSPS) is 12.1. The van der Waals surface area contributed by atoms with E-state index in [1.54, 1.807) is 12.1 Å². The molecule has 0 aliphatic heterocycles. The van der Waals surface area contributed by atoms with Gasteiger partial charge in [-0.2, -0.15) is 0 Å². The minimum atomic E-state index is -0.218. The van der Waals surface area contributed by atoms with Gasteiger partial charge in [-0.15, -0.1) is 0 Å². The van der Waals surface area contributed by atoms with Crippen molar-refractivity contribution in [2.75, 3.05) is 18.9 Å². The van der Waals surface area contributed by atoms with E-state index >= 15 is 0 Å². The van der Waals surface area contributed by atoms with Crippen LogP contribution < -0.4 is 11.1 Å². The van der Waals surface area contributed by atoms with Crippen molar-refractivity contribution in [2.45, 2.75) is 13.3 Å². The lowest BCUT2D eigenvalue weighted by atomic mass is 10.1. The van der Waals surface area contributed by atoms with Crippen LogP contribution in [0, 0.1) is 5.92 Å². The Morgan fingerprint density at radius 2 is 2.38 bits per heavy atom. The molecule has 0 radical (unpaired) electrons. The molecule has 1 aromatic heterocycles. The first-order valence-electron chi connectivity index (χ1n) is 5.24. The van der Waals surface area contributed by atoms with Gasteiger partial charge in [0.05, 0.1) is 11.9 Å². The molecule has 1 amide bonds. The number of nitrogen functional groups attached to an aromatic ring is 1. The van der Waals surface area contributed by atoms with E-state index in [1.165, 1.54) is 6.20 Å². The number of aliphatic hydroxyl groups is 1. The zero-order valence-electron chi connectivity index (χ0n) is 9.31. The Bertz CT molecular complexity index is 338. The third-order valence-corrected chi connectivity index (χ3v) is 2.25. The van der Waals surface area contributed by atoms with Crippen LogP contribution in [0.3, 0.4) is 0 Å². The lowest BCUT2D eigenvalue weighted by Crippen LogP contribution is -2.29. The molecular weight excluding hydrogens is 206 g/mol. The molecule has 0 aromatic carbocycles.